The Morgan fingerprint density at radius 1 is 1.29 bits per heavy atom. The molecule has 182 valence electrons. The molecule has 10 heteroatoms. The van der Waals surface area contributed by atoms with Gasteiger partial charge in [-0.3, -0.25) is 9.69 Å². The molecule has 34 heavy (non-hydrogen) atoms. The van der Waals surface area contributed by atoms with Crippen LogP contribution in [0.4, 0.5) is 0 Å². The second-order valence-electron chi connectivity index (χ2n) is 8.28. The summed E-state index contributed by atoms with van der Waals surface area (Å²) in [6.07, 6.45) is 2.12. The highest BCUT2D eigenvalue weighted by molar-refractivity contribution is 7.60. The number of nitrogens with zero attached hydrogens (tertiary/aromatic N) is 2. The van der Waals surface area contributed by atoms with E-state index in [1.165, 1.54) is 0 Å². The summed E-state index contributed by atoms with van der Waals surface area (Å²) in [5.41, 5.74) is 2.98. The zero-order valence-corrected chi connectivity index (χ0v) is 20.0. The van der Waals surface area contributed by atoms with Gasteiger partial charge in [-0.05, 0) is 37.1 Å². The molecule has 1 unspecified atom stereocenters. The number of aliphatic hydroxyl groups is 1. The number of aliphatic hydroxyl groups excluding tert-OH is 1. The van der Waals surface area contributed by atoms with E-state index in [-0.39, 0.29) is 24.7 Å². The van der Waals surface area contributed by atoms with E-state index < -0.39 is 10.5 Å². The van der Waals surface area contributed by atoms with Crippen molar-refractivity contribution in [2.45, 2.75) is 25.5 Å². The standard InChI is InChI=1S/C24H28N2O4.HNO2S/c1-17-4-3-5-19(12-17)22(15-26-10-8-20(27)14-26)25(2)24(28)16-30-21-7-6-18-9-11-29-23(18)13-21;1-4(2)3/h3-7,9,11-13,20,22,27H,8,10,14-16H2,1-2H3;1H/t20-,22?;/m0./s1. The number of nitrogens with one attached hydrogen (secondary N) is 1. The second kappa shape index (κ2) is 11.8. The molecule has 0 radical (unpaired) electrons. The summed E-state index contributed by atoms with van der Waals surface area (Å²) >= 11 is 0. The van der Waals surface area contributed by atoms with Gasteiger partial charge in [0.15, 0.2) is 6.61 Å². The molecule has 1 amide bonds. The Bertz CT molecular complexity index is 1220. The van der Waals surface area contributed by atoms with E-state index in [9.17, 15) is 9.90 Å². The number of hydrogen-bond donors (Lipinski definition) is 2. The van der Waals surface area contributed by atoms with Gasteiger partial charge >= 0.3 is 10.5 Å². The molecule has 1 fully saturated rings. The molecule has 0 spiro atoms. The van der Waals surface area contributed by atoms with Crippen LogP contribution in [0, 0.1) is 11.7 Å². The van der Waals surface area contributed by atoms with Crippen molar-refractivity contribution < 1.29 is 27.5 Å². The van der Waals surface area contributed by atoms with Gasteiger partial charge in [-0.15, -0.1) is 0 Å². The Labute approximate surface area is 200 Å². The molecule has 0 bridgehead atoms. The van der Waals surface area contributed by atoms with E-state index in [0.29, 0.717) is 18.8 Å². The molecular formula is C24H29N3O6S. The zero-order chi connectivity index (χ0) is 24.7. The number of ether oxygens (including phenoxy) is 1. The number of amides is 1. The Kier molecular flexibility index (Phi) is 8.80. The number of aryl methyl sites for hydroxylation is 1. The molecule has 1 aliphatic heterocycles. The van der Waals surface area contributed by atoms with Gasteiger partial charge in [-0.2, -0.15) is 13.2 Å². The summed E-state index contributed by atoms with van der Waals surface area (Å²) in [7, 11) is -0.791. The van der Waals surface area contributed by atoms with Gasteiger partial charge < -0.3 is 19.2 Å². The van der Waals surface area contributed by atoms with Gasteiger partial charge in [0.25, 0.3) is 5.91 Å². The lowest BCUT2D eigenvalue weighted by atomic mass is 10.0. The number of likely N-dealkylation sites (tertiary alicyclic amines) is 1. The van der Waals surface area contributed by atoms with E-state index in [1.807, 2.05) is 31.3 Å². The van der Waals surface area contributed by atoms with Crippen LogP contribution in [0.25, 0.3) is 11.0 Å². The van der Waals surface area contributed by atoms with Crippen molar-refractivity contribution in [1.29, 1.82) is 4.78 Å². The van der Waals surface area contributed by atoms with Crippen LogP contribution in [0.5, 0.6) is 5.75 Å². The zero-order valence-electron chi connectivity index (χ0n) is 19.2. The number of likely N-dealkylation sites (N-methyl/N-ethyl adjacent to an activating group) is 1. The van der Waals surface area contributed by atoms with Crippen molar-refractivity contribution in [1.82, 2.24) is 9.80 Å². The maximum Gasteiger partial charge on any atom is 0.308 e. The van der Waals surface area contributed by atoms with Crippen LogP contribution in [0.1, 0.15) is 23.6 Å². The number of fused-ring (bicyclic) bond motifs is 1. The van der Waals surface area contributed by atoms with E-state index in [4.69, 9.17) is 22.4 Å². The first-order chi connectivity index (χ1) is 16.2. The second-order valence-corrected chi connectivity index (χ2v) is 8.75. The molecule has 2 atom stereocenters. The number of rotatable bonds is 7. The van der Waals surface area contributed by atoms with Gasteiger partial charge in [0, 0.05) is 38.1 Å². The number of hydrogen-bond acceptors (Lipinski definition) is 8. The van der Waals surface area contributed by atoms with Crippen LogP contribution in [0.2, 0.25) is 0 Å². The van der Waals surface area contributed by atoms with Crippen LogP contribution in [-0.4, -0.2) is 68.6 Å². The molecular weight excluding hydrogens is 458 g/mol. The molecule has 1 aliphatic rings. The van der Waals surface area contributed by atoms with E-state index in [2.05, 4.69) is 30.0 Å². The van der Waals surface area contributed by atoms with Gasteiger partial charge in [0.05, 0.1) is 18.4 Å². The van der Waals surface area contributed by atoms with Crippen LogP contribution in [0.3, 0.4) is 0 Å². The fraction of sp³-hybridized carbons (Fsp3) is 0.375. The first-order valence-electron chi connectivity index (χ1n) is 10.9. The molecule has 2 aromatic carbocycles. The molecule has 1 aromatic heterocycles. The smallest absolute Gasteiger partial charge is 0.308 e. The number of carbonyl (C=O) groups is 1. The summed E-state index contributed by atoms with van der Waals surface area (Å²) in [6.45, 7) is 4.17. The monoisotopic (exact) mass is 487 g/mol. The minimum atomic E-state index is -2.61. The Balaban J connectivity index is 0.000000751. The first kappa shape index (κ1) is 25.4. The SMILES string of the molecule is Cc1cccc(C(CN2CC[C@H](O)C2)N(C)C(=O)COc2ccc3ccoc3c2)c1.N=S(=O)=O. The van der Waals surface area contributed by atoms with Gasteiger partial charge in [-0.25, -0.2) is 0 Å². The van der Waals surface area contributed by atoms with Crippen molar-refractivity contribution in [3.05, 3.63) is 65.9 Å². The van der Waals surface area contributed by atoms with Crippen molar-refractivity contribution in [3.8, 4) is 5.75 Å². The van der Waals surface area contributed by atoms with Gasteiger partial charge in [0.1, 0.15) is 11.3 Å². The summed E-state index contributed by atoms with van der Waals surface area (Å²) in [5.74, 6) is 0.509. The molecule has 2 heterocycles. The summed E-state index contributed by atoms with van der Waals surface area (Å²) in [5, 5.41) is 10.9. The maximum absolute atomic E-state index is 13.0. The molecule has 1 saturated heterocycles. The van der Waals surface area contributed by atoms with Crippen LogP contribution >= 0.6 is 0 Å². The van der Waals surface area contributed by atoms with Gasteiger partial charge in [0.2, 0.25) is 0 Å². The van der Waals surface area contributed by atoms with Crippen molar-refractivity contribution >= 4 is 27.4 Å². The summed E-state index contributed by atoms with van der Waals surface area (Å²) in [4.78, 5) is 16.9. The summed E-state index contributed by atoms with van der Waals surface area (Å²) in [6, 6.07) is 15.6. The first-order valence-corrected chi connectivity index (χ1v) is 11.9. The van der Waals surface area contributed by atoms with Crippen molar-refractivity contribution in [2.75, 3.05) is 33.3 Å². The number of β-amino-alcohol motifs (C(OH)–C–C–N with tert-alkyl or cyclic N) is 1. The van der Waals surface area contributed by atoms with Crippen LogP contribution < -0.4 is 4.74 Å². The van der Waals surface area contributed by atoms with Crippen molar-refractivity contribution in [3.63, 3.8) is 0 Å². The fourth-order valence-electron chi connectivity index (χ4n) is 4.00. The topological polar surface area (TPSA) is 124 Å². The number of furan rings is 1. The predicted octanol–water partition coefficient (Wildman–Crippen LogP) is 3.01. The third-order valence-corrected chi connectivity index (χ3v) is 5.76. The number of carbonyl (C=O) groups excluding carboxylic acids is 1. The highest BCUT2D eigenvalue weighted by atomic mass is 32.2. The third-order valence-electron chi connectivity index (χ3n) is 5.76. The third kappa shape index (κ3) is 7.14. The van der Waals surface area contributed by atoms with Crippen LogP contribution in [-0.2, 0) is 15.3 Å². The average Bonchev–Trinajstić information content (AvgIpc) is 3.43. The van der Waals surface area contributed by atoms with E-state index in [1.54, 1.807) is 17.2 Å². The highest BCUT2D eigenvalue weighted by Crippen LogP contribution is 2.25. The normalized spacial score (nSPS) is 16.5. The molecule has 2 N–H and O–H groups in total. The minimum absolute atomic E-state index is 0.0480. The summed E-state index contributed by atoms with van der Waals surface area (Å²) < 4.78 is 34.0. The molecule has 4 rings (SSSR count). The van der Waals surface area contributed by atoms with Gasteiger partial charge in [-0.1, -0.05) is 29.8 Å². The molecule has 0 aliphatic carbocycles. The maximum atomic E-state index is 13.0. The Hall–Kier alpha value is -3.21. The van der Waals surface area contributed by atoms with E-state index in [0.717, 1.165) is 35.1 Å². The molecule has 0 saturated carbocycles. The molecule has 3 aromatic rings. The average molecular weight is 488 g/mol. The van der Waals surface area contributed by atoms with Crippen molar-refractivity contribution in [2.24, 2.45) is 0 Å². The Morgan fingerprint density at radius 3 is 2.74 bits per heavy atom. The minimum Gasteiger partial charge on any atom is -0.484 e. The lowest BCUT2D eigenvalue weighted by Gasteiger charge is -2.32. The number of benzene rings is 2. The van der Waals surface area contributed by atoms with Crippen LogP contribution in [0.15, 0.2) is 59.2 Å². The molecule has 9 nitrogen and oxygen atoms in total. The fourth-order valence-corrected chi connectivity index (χ4v) is 4.00. The predicted molar refractivity (Wildman–Crippen MR) is 127 cm³/mol. The quantitative estimate of drug-likeness (QED) is 0.525. The van der Waals surface area contributed by atoms with E-state index >= 15 is 0 Å². The lowest BCUT2D eigenvalue weighted by Crippen LogP contribution is -2.41. The Morgan fingerprint density at radius 2 is 2.06 bits per heavy atom. The lowest BCUT2D eigenvalue weighted by molar-refractivity contribution is -0.134. The highest BCUT2D eigenvalue weighted by Gasteiger charge is 2.28. The largest absolute Gasteiger partial charge is 0.484 e.